The molecule has 0 saturated carbocycles. The Morgan fingerprint density at radius 2 is 2.06 bits per heavy atom. The predicted molar refractivity (Wildman–Crippen MR) is 138 cm³/mol. The molecule has 5 rings (SSSR count). The molecule has 2 aromatic carbocycles. The summed E-state index contributed by atoms with van der Waals surface area (Å²) in [5.41, 5.74) is 3.36. The number of aromatic nitrogens is 2. The first-order valence-electron chi connectivity index (χ1n) is 11.3. The third-order valence-electron chi connectivity index (χ3n) is 6.21. The van der Waals surface area contributed by atoms with Crippen LogP contribution in [0.15, 0.2) is 64.8 Å². The number of nitrogens with zero attached hydrogens (tertiary/aromatic N) is 3. The van der Waals surface area contributed by atoms with Crippen LogP contribution in [0.25, 0.3) is 15.9 Å². The van der Waals surface area contributed by atoms with E-state index in [4.69, 9.17) is 16.6 Å². The van der Waals surface area contributed by atoms with E-state index in [9.17, 15) is 9.59 Å². The summed E-state index contributed by atoms with van der Waals surface area (Å²) in [5.74, 6) is 0.382. The van der Waals surface area contributed by atoms with Crippen molar-refractivity contribution < 1.29 is 4.79 Å². The van der Waals surface area contributed by atoms with Gasteiger partial charge in [-0.3, -0.25) is 9.59 Å². The molecule has 1 aliphatic heterocycles. The molecule has 8 heteroatoms. The molecule has 4 aromatic rings. The van der Waals surface area contributed by atoms with Gasteiger partial charge in [0.2, 0.25) is 11.9 Å². The van der Waals surface area contributed by atoms with Gasteiger partial charge in [-0.05, 0) is 60.5 Å². The highest BCUT2D eigenvalue weighted by atomic mass is 35.5. The molecule has 1 amide bonds. The molecular formula is C26H25ClN4O2S. The lowest BCUT2D eigenvalue weighted by molar-refractivity contribution is -0.125. The normalized spacial score (nSPS) is 16.1. The number of halogens is 1. The van der Waals surface area contributed by atoms with E-state index in [0.29, 0.717) is 34.3 Å². The van der Waals surface area contributed by atoms with Crippen molar-refractivity contribution in [3.63, 3.8) is 0 Å². The largest absolute Gasteiger partial charge is 0.352 e. The smallest absolute Gasteiger partial charge is 0.277 e. The number of carbonyl (C=O) groups excluding carboxylic acids is 1. The molecule has 34 heavy (non-hydrogen) atoms. The van der Waals surface area contributed by atoms with Crippen LogP contribution in [-0.4, -0.2) is 28.5 Å². The van der Waals surface area contributed by atoms with Crippen LogP contribution >= 0.6 is 22.9 Å². The summed E-state index contributed by atoms with van der Waals surface area (Å²) in [6, 6.07) is 17.3. The molecule has 1 fully saturated rings. The van der Waals surface area contributed by atoms with Gasteiger partial charge in [0.15, 0.2) is 0 Å². The average Bonchev–Trinajstić information content (AvgIpc) is 3.32. The van der Waals surface area contributed by atoms with Gasteiger partial charge in [-0.15, -0.1) is 11.3 Å². The first-order chi connectivity index (χ1) is 16.5. The molecule has 1 aliphatic rings. The van der Waals surface area contributed by atoms with Crippen molar-refractivity contribution in [2.75, 3.05) is 18.0 Å². The van der Waals surface area contributed by atoms with Crippen molar-refractivity contribution in [2.24, 2.45) is 5.92 Å². The van der Waals surface area contributed by atoms with Gasteiger partial charge in [-0.1, -0.05) is 41.9 Å². The van der Waals surface area contributed by atoms with Crippen molar-refractivity contribution in [2.45, 2.75) is 26.3 Å². The quantitative estimate of drug-likeness (QED) is 0.428. The summed E-state index contributed by atoms with van der Waals surface area (Å²) in [7, 11) is 0. The third kappa shape index (κ3) is 4.45. The molecule has 0 radical (unpaired) electrons. The summed E-state index contributed by atoms with van der Waals surface area (Å²) in [5, 5.41) is 5.57. The maximum absolute atomic E-state index is 13.5. The van der Waals surface area contributed by atoms with Crippen molar-refractivity contribution in [1.29, 1.82) is 0 Å². The van der Waals surface area contributed by atoms with Crippen molar-refractivity contribution in [3.8, 4) is 5.69 Å². The lowest BCUT2D eigenvalue weighted by atomic mass is 9.97. The van der Waals surface area contributed by atoms with Gasteiger partial charge in [0.25, 0.3) is 5.56 Å². The summed E-state index contributed by atoms with van der Waals surface area (Å²) in [6.45, 7) is 3.64. The van der Waals surface area contributed by atoms with Gasteiger partial charge in [0.1, 0.15) is 4.70 Å². The highest BCUT2D eigenvalue weighted by molar-refractivity contribution is 7.17. The molecule has 0 spiro atoms. The average molecular weight is 493 g/mol. The van der Waals surface area contributed by atoms with Gasteiger partial charge in [0.05, 0.1) is 17.1 Å². The van der Waals surface area contributed by atoms with E-state index in [1.165, 1.54) is 11.3 Å². The molecular weight excluding hydrogens is 468 g/mol. The highest BCUT2D eigenvalue weighted by Crippen LogP contribution is 2.27. The second-order valence-corrected chi connectivity index (χ2v) is 9.94. The van der Waals surface area contributed by atoms with Crippen LogP contribution in [0.2, 0.25) is 5.02 Å². The number of hydrogen-bond acceptors (Lipinski definition) is 5. The van der Waals surface area contributed by atoms with Gasteiger partial charge in [-0.2, -0.15) is 0 Å². The number of hydrogen-bond donors (Lipinski definition) is 1. The molecule has 6 nitrogen and oxygen atoms in total. The van der Waals surface area contributed by atoms with Crippen LogP contribution in [0.3, 0.4) is 0 Å². The number of benzene rings is 2. The number of carbonyl (C=O) groups is 1. The van der Waals surface area contributed by atoms with Crippen LogP contribution in [0.4, 0.5) is 5.95 Å². The van der Waals surface area contributed by atoms with Gasteiger partial charge in [-0.25, -0.2) is 9.55 Å². The lowest BCUT2D eigenvalue weighted by Crippen LogP contribution is -2.45. The molecule has 174 valence electrons. The summed E-state index contributed by atoms with van der Waals surface area (Å²) in [4.78, 5) is 33.5. The number of piperidine rings is 1. The molecule has 3 heterocycles. The summed E-state index contributed by atoms with van der Waals surface area (Å²) >= 11 is 7.64. The van der Waals surface area contributed by atoms with Gasteiger partial charge < -0.3 is 10.2 Å². The number of amides is 1. The summed E-state index contributed by atoms with van der Waals surface area (Å²) < 4.78 is 2.33. The fourth-order valence-corrected chi connectivity index (χ4v) is 5.42. The number of aryl methyl sites for hydroxylation is 1. The van der Waals surface area contributed by atoms with Gasteiger partial charge >= 0.3 is 0 Å². The Bertz CT molecular complexity index is 1410. The monoisotopic (exact) mass is 492 g/mol. The minimum absolute atomic E-state index is 0.00863. The van der Waals surface area contributed by atoms with E-state index in [2.05, 4.69) is 10.2 Å². The minimum Gasteiger partial charge on any atom is -0.352 e. The molecule has 0 unspecified atom stereocenters. The predicted octanol–water partition coefficient (Wildman–Crippen LogP) is 4.94. The van der Waals surface area contributed by atoms with Crippen LogP contribution in [0, 0.1) is 12.8 Å². The van der Waals surface area contributed by atoms with E-state index >= 15 is 0 Å². The molecule has 0 bridgehead atoms. The van der Waals surface area contributed by atoms with Crippen LogP contribution in [0.1, 0.15) is 24.0 Å². The first-order valence-corrected chi connectivity index (χ1v) is 12.6. The van der Waals surface area contributed by atoms with E-state index in [1.807, 2.05) is 66.9 Å². The Labute approximate surface area is 206 Å². The minimum atomic E-state index is -0.197. The van der Waals surface area contributed by atoms with Crippen molar-refractivity contribution in [3.05, 3.63) is 86.5 Å². The highest BCUT2D eigenvalue weighted by Gasteiger charge is 2.29. The first kappa shape index (κ1) is 22.6. The topological polar surface area (TPSA) is 67.2 Å². The maximum atomic E-state index is 13.5. The lowest BCUT2D eigenvalue weighted by Gasteiger charge is -2.34. The van der Waals surface area contributed by atoms with E-state index in [1.54, 1.807) is 4.57 Å². The number of fused-ring (bicyclic) bond motifs is 1. The Hall–Kier alpha value is -3.16. The SMILES string of the molecule is Cc1cccc(-n2c(N3CCC[C@@H](C(=O)NCc4ccccc4Cl)C3)nc3ccsc3c2=O)c1. The number of anilines is 1. The van der Waals surface area contributed by atoms with Crippen molar-refractivity contribution >= 4 is 45.0 Å². The van der Waals surface area contributed by atoms with Crippen molar-refractivity contribution in [1.82, 2.24) is 14.9 Å². The molecule has 2 aromatic heterocycles. The second-order valence-electron chi connectivity index (χ2n) is 8.62. The Morgan fingerprint density at radius 1 is 1.21 bits per heavy atom. The number of nitrogens with one attached hydrogen (secondary N) is 1. The molecule has 0 aliphatic carbocycles. The Balaban J connectivity index is 1.44. The number of rotatable bonds is 5. The fraction of sp³-hybridized carbons (Fsp3) is 0.269. The standard InChI is InChI=1S/C26H25ClN4O2S/c1-17-6-4-9-20(14-17)31-25(33)23-22(11-13-34-23)29-26(31)30-12-5-8-19(16-30)24(32)28-15-18-7-2-3-10-21(18)27/h2-4,6-7,9-11,13-14,19H,5,8,12,15-16H2,1H3,(H,28,32)/t19-/m1/s1. The molecule has 1 N–H and O–H groups in total. The Morgan fingerprint density at radius 3 is 2.88 bits per heavy atom. The third-order valence-corrected chi connectivity index (χ3v) is 7.47. The van der Waals surface area contributed by atoms with Crippen LogP contribution in [-0.2, 0) is 11.3 Å². The Kier molecular flexibility index (Phi) is 6.39. The second kappa shape index (κ2) is 9.60. The van der Waals surface area contributed by atoms with E-state index in [-0.39, 0.29) is 17.4 Å². The van der Waals surface area contributed by atoms with Crippen LogP contribution in [0.5, 0.6) is 0 Å². The van der Waals surface area contributed by atoms with Gasteiger partial charge in [0, 0.05) is 24.7 Å². The van der Waals surface area contributed by atoms with E-state index in [0.717, 1.165) is 36.2 Å². The molecule has 1 saturated heterocycles. The number of thiophene rings is 1. The molecule has 1 atom stereocenters. The fourth-order valence-electron chi connectivity index (χ4n) is 4.45. The summed E-state index contributed by atoms with van der Waals surface area (Å²) in [6.07, 6.45) is 1.63. The zero-order valence-corrected chi connectivity index (χ0v) is 20.4. The maximum Gasteiger partial charge on any atom is 0.277 e. The zero-order valence-electron chi connectivity index (χ0n) is 18.8. The zero-order chi connectivity index (χ0) is 23.7. The van der Waals surface area contributed by atoms with E-state index < -0.39 is 0 Å². The van der Waals surface area contributed by atoms with Crippen LogP contribution < -0.4 is 15.8 Å².